The first-order valence-corrected chi connectivity index (χ1v) is 13.8. The maximum absolute atomic E-state index is 14.5. The SMILES string of the molecule is CN(C)C1CCN(c2nccc(Oc3ccc(NC(=O)c4cc(F)cc(N5CCOCC5)c4)c4ccccc34)n2)C1. The molecule has 1 N–H and O–H groups in total. The number of carbonyl (C=O) groups excluding carboxylic acids is 1. The number of anilines is 3. The number of rotatable bonds is 7. The van der Waals surface area contributed by atoms with Crippen molar-refractivity contribution in [3.05, 3.63) is 78.2 Å². The van der Waals surface area contributed by atoms with E-state index in [1.807, 2.05) is 35.2 Å². The smallest absolute Gasteiger partial charge is 0.255 e. The number of nitrogens with one attached hydrogen (secondary N) is 1. The molecular formula is C31H33FN6O3. The number of nitrogens with zero attached hydrogens (tertiary/aromatic N) is 5. The second kappa shape index (κ2) is 11.7. The number of amides is 1. The molecule has 10 heteroatoms. The summed E-state index contributed by atoms with van der Waals surface area (Å²) in [7, 11) is 4.18. The van der Waals surface area contributed by atoms with Crippen LogP contribution in [0.25, 0.3) is 10.8 Å². The van der Waals surface area contributed by atoms with E-state index in [0.717, 1.165) is 30.3 Å². The number of fused-ring (bicyclic) bond motifs is 1. The highest BCUT2D eigenvalue weighted by molar-refractivity contribution is 6.10. The van der Waals surface area contributed by atoms with Crippen LogP contribution in [0.4, 0.5) is 21.7 Å². The number of carbonyl (C=O) groups is 1. The number of likely N-dealkylation sites (N-methyl/N-ethyl adjacent to an activating group) is 1. The van der Waals surface area contributed by atoms with E-state index in [2.05, 4.69) is 39.2 Å². The van der Waals surface area contributed by atoms with E-state index in [1.54, 1.807) is 24.4 Å². The van der Waals surface area contributed by atoms with E-state index in [1.165, 1.54) is 12.1 Å². The van der Waals surface area contributed by atoms with Crippen molar-refractivity contribution in [3.63, 3.8) is 0 Å². The molecule has 1 amide bonds. The van der Waals surface area contributed by atoms with Crippen molar-refractivity contribution in [2.75, 3.05) is 68.6 Å². The van der Waals surface area contributed by atoms with E-state index in [4.69, 9.17) is 9.47 Å². The van der Waals surface area contributed by atoms with Crippen LogP contribution in [0.3, 0.4) is 0 Å². The number of hydrogen-bond acceptors (Lipinski definition) is 8. The number of hydrogen-bond donors (Lipinski definition) is 1. The van der Waals surface area contributed by atoms with Gasteiger partial charge < -0.3 is 29.5 Å². The molecule has 212 valence electrons. The van der Waals surface area contributed by atoms with Crippen molar-refractivity contribution in [2.45, 2.75) is 12.5 Å². The molecule has 2 fully saturated rings. The van der Waals surface area contributed by atoms with Gasteiger partial charge in [-0.2, -0.15) is 4.98 Å². The van der Waals surface area contributed by atoms with Crippen LogP contribution in [0, 0.1) is 5.82 Å². The Kier molecular flexibility index (Phi) is 7.67. The standard InChI is InChI=1S/C31H33FN6O3/c1-36(2)23-10-12-38(20-23)31-33-11-9-29(35-31)41-28-8-7-27(25-5-3-4-6-26(25)28)34-30(39)21-17-22(32)19-24(18-21)37-13-15-40-16-14-37/h3-9,11,17-19,23H,10,12-16,20H2,1-2H3,(H,34,39). The van der Waals surface area contributed by atoms with Gasteiger partial charge in [0.2, 0.25) is 11.8 Å². The first-order valence-electron chi connectivity index (χ1n) is 13.8. The molecular weight excluding hydrogens is 523 g/mol. The molecule has 1 aromatic heterocycles. The molecule has 3 aromatic carbocycles. The van der Waals surface area contributed by atoms with Gasteiger partial charge in [-0.05, 0) is 50.8 Å². The van der Waals surface area contributed by atoms with Gasteiger partial charge in [0, 0.05) is 72.2 Å². The zero-order valence-electron chi connectivity index (χ0n) is 23.2. The van der Waals surface area contributed by atoms with Gasteiger partial charge in [0.1, 0.15) is 11.6 Å². The van der Waals surface area contributed by atoms with Gasteiger partial charge in [-0.3, -0.25) is 4.79 Å². The second-order valence-electron chi connectivity index (χ2n) is 10.6. The first-order chi connectivity index (χ1) is 19.9. The normalized spacial score (nSPS) is 17.3. The number of aromatic nitrogens is 2. The quantitative estimate of drug-likeness (QED) is 0.348. The molecule has 4 aromatic rings. The lowest BCUT2D eigenvalue weighted by atomic mass is 10.1. The van der Waals surface area contributed by atoms with Gasteiger partial charge in [0.15, 0.2) is 0 Å². The van der Waals surface area contributed by atoms with Crippen molar-refractivity contribution in [1.29, 1.82) is 0 Å². The summed E-state index contributed by atoms with van der Waals surface area (Å²) < 4.78 is 26.2. The summed E-state index contributed by atoms with van der Waals surface area (Å²) >= 11 is 0. The second-order valence-corrected chi connectivity index (χ2v) is 10.6. The number of benzene rings is 3. The summed E-state index contributed by atoms with van der Waals surface area (Å²) in [6.07, 6.45) is 2.77. The van der Waals surface area contributed by atoms with Crippen LogP contribution in [0.15, 0.2) is 66.9 Å². The van der Waals surface area contributed by atoms with Gasteiger partial charge >= 0.3 is 0 Å². The fourth-order valence-corrected chi connectivity index (χ4v) is 5.37. The molecule has 0 saturated carbocycles. The summed E-state index contributed by atoms with van der Waals surface area (Å²) in [5, 5.41) is 4.58. The summed E-state index contributed by atoms with van der Waals surface area (Å²) in [5.74, 6) is 0.853. The lowest BCUT2D eigenvalue weighted by Gasteiger charge is -2.29. The van der Waals surface area contributed by atoms with Crippen LogP contribution in [-0.2, 0) is 4.74 Å². The van der Waals surface area contributed by atoms with Gasteiger partial charge in [0.05, 0.1) is 13.2 Å². The Morgan fingerprint density at radius 1 is 1.02 bits per heavy atom. The first kappa shape index (κ1) is 26.9. The molecule has 1 unspecified atom stereocenters. The lowest BCUT2D eigenvalue weighted by Crippen LogP contribution is -2.36. The predicted molar refractivity (Wildman–Crippen MR) is 158 cm³/mol. The molecule has 2 saturated heterocycles. The largest absolute Gasteiger partial charge is 0.438 e. The van der Waals surface area contributed by atoms with Crippen molar-refractivity contribution < 1.29 is 18.7 Å². The Hall–Kier alpha value is -4.28. The predicted octanol–water partition coefficient (Wildman–Crippen LogP) is 4.79. The van der Waals surface area contributed by atoms with Crippen molar-refractivity contribution in [3.8, 4) is 11.6 Å². The topological polar surface area (TPSA) is 83.1 Å². The number of morpholine rings is 1. The molecule has 3 heterocycles. The molecule has 6 rings (SSSR count). The van der Waals surface area contributed by atoms with Crippen molar-refractivity contribution in [1.82, 2.24) is 14.9 Å². The van der Waals surface area contributed by atoms with Crippen LogP contribution in [-0.4, -0.2) is 80.3 Å². The molecule has 41 heavy (non-hydrogen) atoms. The van der Waals surface area contributed by atoms with E-state index in [0.29, 0.717) is 61.3 Å². The molecule has 0 aliphatic carbocycles. The molecule has 2 aliphatic heterocycles. The average molecular weight is 557 g/mol. The summed E-state index contributed by atoms with van der Waals surface area (Å²) in [4.78, 5) is 28.8. The minimum atomic E-state index is -0.455. The van der Waals surface area contributed by atoms with Gasteiger partial charge in [-0.15, -0.1) is 0 Å². The van der Waals surface area contributed by atoms with Crippen LogP contribution >= 0.6 is 0 Å². The Bertz CT molecular complexity index is 1560. The molecule has 0 bridgehead atoms. The molecule has 0 spiro atoms. The van der Waals surface area contributed by atoms with Crippen LogP contribution in [0.2, 0.25) is 0 Å². The Balaban J connectivity index is 1.22. The molecule has 2 aliphatic rings. The highest BCUT2D eigenvalue weighted by Crippen LogP contribution is 2.35. The van der Waals surface area contributed by atoms with E-state index >= 15 is 0 Å². The average Bonchev–Trinajstić information content (AvgIpc) is 3.50. The summed E-state index contributed by atoms with van der Waals surface area (Å²) in [6.45, 7) is 4.21. The van der Waals surface area contributed by atoms with E-state index < -0.39 is 5.82 Å². The van der Waals surface area contributed by atoms with Gasteiger partial charge in [-0.1, -0.05) is 24.3 Å². The number of ether oxygens (including phenoxy) is 2. The van der Waals surface area contributed by atoms with Crippen LogP contribution in [0.1, 0.15) is 16.8 Å². The Morgan fingerprint density at radius 3 is 2.61 bits per heavy atom. The fraction of sp³-hybridized carbons (Fsp3) is 0.323. The third-order valence-electron chi connectivity index (χ3n) is 7.66. The highest BCUT2D eigenvalue weighted by atomic mass is 19.1. The zero-order valence-corrected chi connectivity index (χ0v) is 23.2. The monoisotopic (exact) mass is 556 g/mol. The highest BCUT2D eigenvalue weighted by Gasteiger charge is 2.26. The Morgan fingerprint density at radius 2 is 1.83 bits per heavy atom. The summed E-state index contributed by atoms with van der Waals surface area (Å²) in [5.41, 5.74) is 1.52. The van der Waals surface area contributed by atoms with Crippen molar-refractivity contribution >= 4 is 34.0 Å². The van der Waals surface area contributed by atoms with Gasteiger partial charge in [0.25, 0.3) is 5.91 Å². The minimum Gasteiger partial charge on any atom is -0.438 e. The molecule has 9 nitrogen and oxygen atoms in total. The van der Waals surface area contributed by atoms with Crippen LogP contribution in [0.5, 0.6) is 11.6 Å². The third kappa shape index (κ3) is 5.94. The maximum atomic E-state index is 14.5. The number of halogens is 1. The van der Waals surface area contributed by atoms with Crippen molar-refractivity contribution in [2.24, 2.45) is 0 Å². The zero-order chi connectivity index (χ0) is 28.3. The maximum Gasteiger partial charge on any atom is 0.255 e. The van der Waals surface area contributed by atoms with E-state index in [9.17, 15) is 9.18 Å². The minimum absolute atomic E-state index is 0.253. The third-order valence-corrected chi connectivity index (χ3v) is 7.66. The van der Waals surface area contributed by atoms with Crippen LogP contribution < -0.4 is 19.9 Å². The van der Waals surface area contributed by atoms with Gasteiger partial charge in [-0.25, -0.2) is 9.37 Å². The summed E-state index contributed by atoms with van der Waals surface area (Å²) in [6, 6.07) is 17.9. The van der Waals surface area contributed by atoms with E-state index in [-0.39, 0.29) is 11.5 Å². The fourth-order valence-electron chi connectivity index (χ4n) is 5.37. The molecule has 1 atom stereocenters. The lowest BCUT2D eigenvalue weighted by molar-refractivity contribution is 0.102. The Labute approximate surface area is 238 Å². The molecule has 0 radical (unpaired) electrons.